The minimum atomic E-state index is -4.04. The summed E-state index contributed by atoms with van der Waals surface area (Å²) in [5, 5.41) is 3.33. The van der Waals surface area contributed by atoms with Gasteiger partial charge in [0.05, 0.1) is 19.1 Å². The van der Waals surface area contributed by atoms with Crippen molar-refractivity contribution in [1.29, 1.82) is 0 Å². The first-order chi connectivity index (χ1) is 8.55. The lowest BCUT2D eigenvalue weighted by Crippen LogP contribution is -2.46. The first kappa shape index (κ1) is 14.1. The molecule has 1 N–H and O–H groups in total. The van der Waals surface area contributed by atoms with E-state index in [1.165, 1.54) is 0 Å². The molecule has 2 unspecified atom stereocenters. The number of piperidine rings is 1. The fourth-order valence-electron chi connectivity index (χ4n) is 2.67. The van der Waals surface area contributed by atoms with Crippen molar-refractivity contribution in [3.8, 4) is 0 Å². The molecule has 18 heavy (non-hydrogen) atoms. The Hall–Kier alpha value is -0.330. The number of rotatable bonds is 3. The van der Waals surface area contributed by atoms with Crippen molar-refractivity contribution >= 4 is 0 Å². The van der Waals surface area contributed by atoms with Crippen LogP contribution in [0.15, 0.2) is 0 Å². The number of nitrogens with zero attached hydrogens (tertiary/aromatic N) is 1. The minimum absolute atomic E-state index is 0.164. The SMILES string of the molecule is FC(F)(F)C1CCCN(CCC2COCCN2)C1. The average Bonchev–Trinajstić information content (AvgIpc) is 2.37. The van der Waals surface area contributed by atoms with Gasteiger partial charge in [0.2, 0.25) is 0 Å². The molecular formula is C12H21F3N2O. The lowest BCUT2D eigenvalue weighted by molar-refractivity contribution is -0.186. The van der Waals surface area contributed by atoms with E-state index in [-0.39, 0.29) is 13.0 Å². The van der Waals surface area contributed by atoms with Crippen LogP contribution in [0.5, 0.6) is 0 Å². The van der Waals surface area contributed by atoms with Crippen molar-refractivity contribution in [2.45, 2.75) is 31.5 Å². The summed E-state index contributed by atoms with van der Waals surface area (Å²) in [5.74, 6) is -1.14. The van der Waals surface area contributed by atoms with Gasteiger partial charge in [0.15, 0.2) is 0 Å². The van der Waals surface area contributed by atoms with E-state index in [4.69, 9.17) is 4.74 Å². The van der Waals surface area contributed by atoms with Crippen LogP contribution >= 0.6 is 0 Å². The molecule has 2 saturated heterocycles. The van der Waals surface area contributed by atoms with Gasteiger partial charge in [-0.2, -0.15) is 13.2 Å². The first-order valence-electron chi connectivity index (χ1n) is 6.66. The fraction of sp³-hybridized carbons (Fsp3) is 1.00. The number of halogens is 3. The summed E-state index contributed by atoms with van der Waals surface area (Å²) >= 11 is 0. The van der Waals surface area contributed by atoms with Gasteiger partial charge in [-0.15, -0.1) is 0 Å². The van der Waals surface area contributed by atoms with Crippen molar-refractivity contribution in [2.24, 2.45) is 5.92 Å². The second-order valence-corrected chi connectivity index (χ2v) is 5.20. The maximum atomic E-state index is 12.7. The molecule has 0 saturated carbocycles. The number of nitrogens with one attached hydrogen (secondary N) is 1. The molecule has 2 heterocycles. The smallest absolute Gasteiger partial charge is 0.379 e. The lowest BCUT2D eigenvalue weighted by atomic mass is 9.97. The van der Waals surface area contributed by atoms with Crippen LogP contribution in [0.2, 0.25) is 0 Å². The Balaban J connectivity index is 1.72. The van der Waals surface area contributed by atoms with Crippen LogP contribution in [-0.4, -0.2) is 56.5 Å². The van der Waals surface area contributed by atoms with Gasteiger partial charge in [-0.25, -0.2) is 0 Å². The predicted octanol–water partition coefficient (Wildman–Crippen LogP) is 1.64. The summed E-state index contributed by atoms with van der Waals surface area (Å²) < 4.78 is 43.3. The fourth-order valence-corrected chi connectivity index (χ4v) is 2.67. The molecular weight excluding hydrogens is 245 g/mol. The Morgan fingerprint density at radius 3 is 2.83 bits per heavy atom. The zero-order valence-electron chi connectivity index (χ0n) is 10.5. The Morgan fingerprint density at radius 2 is 2.17 bits per heavy atom. The van der Waals surface area contributed by atoms with E-state index in [2.05, 4.69) is 5.32 Å². The summed E-state index contributed by atoms with van der Waals surface area (Å²) in [6.45, 7) is 3.94. The van der Waals surface area contributed by atoms with Crippen LogP contribution in [0.25, 0.3) is 0 Å². The van der Waals surface area contributed by atoms with Crippen LogP contribution < -0.4 is 5.32 Å². The second-order valence-electron chi connectivity index (χ2n) is 5.20. The Labute approximate surface area is 106 Å². The van der Waals surface area contributed by atoms with Crippen LogP contribution in [0.1, 0.15) is 19.3 Å². The molecule has 2 rings (SSSR count). The summed E-state index contributed by atoms with van der Waals surface area (Å²) in [5.41, 5.74) is 0. The molecule has 2 fully saturated rings. The molecule has 3 nitrogen and oxygen atoms in total. The van der Waals surface area contributed by atoms with Gasteiger partial charge in [-0.3, -0.25) is 0 Å². The molecule has 106 valence electrons. The van der Waals surface area contributed by atoms with E-state index in [0.717, 1.165) is 32.7 Å². The normalized spacial score (nSPS) is 31.5. The Morgan fingerprint density at radius 1 is 1.33 bits per heavy atom. The monoisotopic (exact) mass is 266 g/mol. The highest BCUT2D eigenvalue weighted by Crippen LogP contribution is 2.33. The first-order valence-corrected chi connectivity index (χ1v) is 6.66. The molecule has 2 aliphatic heterocycles. The van der Waals surface area contributed by atoms with Crippen molar-refractivity contribution in [3.05, 3.63) is 0 Å². The van der Waals surface area contributed by atoms with Crippen LogP contribution in [0.4, 0.5) is 13.2 Å². The second kappa shape index (κ2) is 6.21. The van der Waals surface area contributed by atoms with Gasteiger partial charge in [0.25, 0.3) is 0 Å². The number of hydrogen-bond donors (Lipinski definition) is 1. The third-order valence-electron chi connectivity index (χ3n) is 3.76. The van der Waals surface area contributed by atoms with Crippen LogP contribution in [0, 0.1) is 5.92 Å². The minimum Gasteiger partial charge on any atom is -0.379 e. The van der Waals surface area contributed by atoms with E-state index >= 15 is 0 Å². The Kier molecular flexibility index (Phi) is 4.86. The van der Waals surface area contributed by atoms with Crippen LogP contribution in [-0.2, 0) is 4.74 Å². The van der Waals surface area contributed by atoms with E-state index in [9.17, 15) is 13.2 Å². The molecule has 0 bridgehead atoms. The molecule has 6 heteroatoms. The molecule has 0 amide bonds. The number of morpholine rings is 1. The van der Waals surface area contributed by atoms with E-state index in [0.29, 0.717) is 19.1 Å². The molecule has 2 atom stereocenters. The topological polar surface area (TPSA) is 24.5 Å². The van der Waals surface area contributed by atoms with E-state index in [1.807, 2.05) is 4.90 Å². The quantitative estimate of drug-likeness (QED) is 0.840. The summed E-state index contributed by atoms with van der Waals surface area (Å²) in [7, 11) is 0. The summed E-state index contributed by atoms with van der Waals surface area (Å²) in [6.07, 6.45) is -2.24. The number of ether oxygens (including phenoxy) is 1. The molecule has 0 radical (unpaired) electrons. The van der Waals surface area contributed by atoms with Gasteiger partial charge in [-0.05, 0) is 32.4 Å². The number of alkyl halides is 3. The zero-order valence-corrected chi connectivity index (χ0v) is 10.5. The van der Waals surface area contributed by atoms with Gasteiger partial charge < -0.3 is 15.0 Å². The maximum absolute atomic E-state index is 12.7. The highest BCUT2D eigenvalue weighted by Gasteiger charge is 2.41. The van der Waals surface area contributed by atoms with Crippen molar-refractivity contribution < 1.29 is 17.9 Å². The lowest BCUT2D eigenvalue weighted by Gasteiger charge is -2.35. The zero-order chi connectivity index (χ0) is 13.0. The Bertz CT molecular complexity index is 254. The highest BCUT2D eigenvalue weighted by atomic mass is 19.4. The molecule has 0 spiro atoms. The summed E-state index contributed by atoms with van der Waals surface area (Å²) in [4.78, 5) is 1.94. The standard InChI is InChI=1S/C12H21F3N2O/c13-12(14,15)10-2-1-5-17(8-10)6-3-11-9-18-7-4-16-11/h10-11,16H,1-9H2. The van der Waals surface area contributed by atoms with Gasteiger partial charge in [-0.1, -0.05) is 0 Å². The predicted molar refractivity (Wildman–Crippen MR) is 62.4 cm³/mol. The van der Waals surface area contributed by atoms with Crippen molar-refractivity contribution in [2.75, 3.05) is 39.4 Å². The third-order valence-corrected chi connectivity index (χ3v) is 3.76. The number of hydrogen-bond acceptors (Lipinski definition) is 3. The van der Waals surface area contributed by atoms with Gasteiger partial charge >= 0.3 is 6.18 Å². The summed E-state index contributed by atoms with van der Waals surface area (Å²) in [6, 6.07) is 0.296. The van der Waals surface area contributed by atoms with Gasteiger partial charge in [0.1, 0.15) is 0 Å². The van der Waals surface area contributed by atoms with Gasteiger partial charge in [0, 0.05) is 19.1 Å². The largest absolute Gasteiger partial charge is 0.393 e. The molecule has 0 aromatic rings. The highest BCUT2D eigenvalue weighted by molar-refractivity contribution is 4.79. The third kappa shape index (κ3) is 4.10. The number of likely N-dealkylation sites (tertiary alicyclic amines) is 1. The molecule has 0 aromatic heterocycles. The van der Waals surface area contributed by atoms with E-state index in [1.54, 1.807) is 0 Å². The van der Waals surface area contributed by atoms with E-state index < -0.39 is 12.1 Å². The maximum Gasteiger partial charge on any atom is 0.393 e. The average molecular weight is 266 g/mol. The molecule has 2 aliphatic rings. The molecule has 0 aliphatic carbocycles. The van der Waals surface area contributed by atoms with Crippen molar-refractivity contribution in [3.63, 3.8) is 0 Å². The van der Waals surface area contributed by atoms with Crippen LogP contribution in [0.3, 0.4) is 0 Å². The molecule has 0 aromatic carbocycles. The van der Waals surface area contributed by atoms with Crippen molar-refractivity contribution in [1.82, 2.24) is 10.2 Å².